The van der Waals surface area contributed by atoms with E-state index in [-0.39, 0.29) is 22.5 Å². The number of rotatable bonds is 5. The van der Waals surface area contributed by atoms with Crippen LogP contribution in [-0.4, -0.2) is 48.6 Å². The predicted octanol–water partition coefficient (Wildman–Crippen LogP) is 1.56. The number of hydrogen-bond acceptors (Lipinski definition) is 10. The second kappa shape index (κ2) is 8.13. The zero-order chi connectivity index (χ0) is 26.7. The Morgan fingerprint density at radius 3 is 2.00 bits per heavy atom. The molecule has 15 heteroatoms. The first kappa shape index (κ1) is 24.8. The number of anilines is 4. The first-order valence-electron chi connectivity index (χ1n) is 9.66. The van der Waals surface area contributed by atoms with E-state index in [1.807, 2.05) is 0 Å². The van der Waals surface area contributed by atoms with Gasteiger partial charge >= 0.3 is 5.97 Å². The van der Waals surface area contributed by atoms with Gasteiger partial charge in [-0.15, -0.1) is 0 Å². The predicted molar refractivity (Wildman–Crippen MR) is 125 cm³/mol. The fourth-order valence-corrected chi connectivity index (χ4v) is 4.94. The molecule has 3 aromatic carbocycles. The average Bonchev–Trinajstić information content (AvgIpc) is 2.77. The lowest BCUT2D eigenvalue weighted by molar-refractivity contribution is 0.0697. The minimum Gasteiger partial charge on any atom is -0.478 e. The Bertz CT molecular complexity index is 1750. The van der Waals surface area contributed by atoms with Crippen molar-refractivity contribution >= 4 is 60.5 Å². The van der Waals surface area contributed by atoms with Crippen LogP contribution < -0.4 is 16.8 Å². The van der Waals surface area contributed by atoms with Crippen molar-refractivity contribution in [3.05, 3.63) is 70.3 Å². The second-order valence-electron chi connectivity index (χ2n) is 7.64. The summed E-state index contributed by atoms with van der Waals surface area (Å²) in [5.74, 6) is -3.41. The van der Waals surface area contributed by atoms with Crippen LogP contribution in [0.25, 0.3) is 0 Å². The number of nitrogens with one attached hydrogen (secondary N) is 1. The van der Waals surface area contributed by atoms with Crippen LogP contribution in [0.15, 0.2) is 52.3 Å². The van der Waals surface area contributed by atoms with Gasteiger partial charge in [0.05, 0.1) is 38.6 Å². The van der Waals surface area contributed by atoms with Crippen LogP contribution in [-0.2, 0) is 20.2 Å². The van der Waals surface area contributed by atoms with Crippen molar-refractivity contribution in [3.8, 4) is 0 Å². The van der Waals surface area contributed by atoms with Gasteiger partial charge in [-0.1, -0.05) is 0 Å². The first-order valence-corrected chi connectivity index (χ1v) is 12.5. The van der Waals surface area contributed by atoms with E-state index < -0.39 is 75.6 Å². The number of benzene rings is 3. The highest BCUT2D eigenvalue weighted by Gasteiger charge is 2.37. The minimum absolute atomic E-state index is 0.0776. The lowest BCUT2D eigenvalue weighted by atomic mass is 9.82. The Kier molecular flexibility index (Phi) is 5.60. The number of hydrogen-bond donors (Lipinski definition) is 6. The van der Waals surface area contributed by atoms with E-state index in [1.165, 1.54) is 12.1 Å². The lowest BCUT2D eigenvalue weighted by Gasteiger charge is -2.24. The summed E-state index contributed by atoms with van der Waals surface area (Å²) in [6.45, 7) is 0. The third-order valence-corrected chi connectivity index (χ3v) is 7.13. The summed E-state index contributed by atoms with van der Waals surface area (Å²) < 4.78 is 66.2. The Morgan fingerprint density at radius 2 is 1.42 bits per heavy atom. The Labute approximate surface area is 202 Å². The van der Waals surface area contributed by atoms with Gasteiger partial charge in [0.25, 0.3) is 20.2 Å². The molecule has 0 atom stereocenters. The molecule has 0 aliphatic heterocycles. The highest BCUT2D eigenvalue weighted by Crippen LogP contribution is 2.41. The normalized spacial score (nSPS) is 13.2. The fourth-order valence-electron chi connectivity index (χ4n) is 3.79. The van der Waals surface area contributed by atoms with Crippen LogP contribution >= 0.6 is 0 Å². The van der Waals surface area contributed by atoms with Gasteiger partial charge in [-0.25, -0.2) is 4.79 Å². The monoisotopic (exact) mass is 533 g/mol. The van der Waals surface area contributed by atoms with Crippen LogP contribution in [0.4, 0.5) is 22.7 Å². The van der Waals surface area contributed by atoms with Crippen LogP contribution in [0.5, 0.6) is 0 Å². The average molecular weight is 533 g/mol. The van der Waals surface area contributed by atoms with Gasteiger partial charge in [0.2, 0.25) is 0 Å². The van der Waals surface area contributed by atoms with E-state index in [1.54, 1.807) is 0 Å². The van der Waals surface area contributed by atoms with E-state index >= 15 is 0 Å². The zero-order valence-corrected chi connectivity index (χ0v) is 19.3. The molecule has 4 rings (SSSR count). The molecular formula is C21H15N3O10S2. The molecule has 0 aromatic heterocycles. The van der Waals surface area contributed by atoms with Gasteiger partial charge in [-0.3, -0.25) is 18.7 Å². The largest absolute Gasteiger partial charge is 0.478 e. The molecule has 0 saturated heterocycles. The molecule has 8 N–H and O–H groups in total. The highest BCUT2D eigenvalue weighted by molar-refractivity contribution is 7.86. The number of carbonyl (C=O) groups excluding carboxylic acids is 2. The van der Waals surface area contributed by atoms with Crippen LogP contribution in [0.1, 0.15) is 42.2 Å². The number of carboxylic acid groups (broad SMARTS) is 1. The van der Waals surface area contributed by atoms with Crippen molar-refractivity contribution in [2.45, 2.75) is 9.79 Å². The summed E-state index contributed by atoms with van der Waals surface area (Å²) >= 11 is 0. The molecule has 0 amide bonds. The third-order valence-electron chi connectivity index (χ3n) is 5.38. The lowest BCUT2D eigenvalue weighted by Crippen LogP contribution is -2.25. The van der Waals surface area contributed by atoms with Gasteiger partial charge in [0.1, 0.15) is 4.90 Å². The van der Waals surface area contributed by atoms with Crippen molar-refractivity contribution in [2.75, 3.05) is 16.8 Å². The zero-order valence-electron chi connectivity index (χ0n) is 17.7. The van der Waals surface area contributed by atoms with E-state index in [9.17, 15) is 45.4 Å². The fraction of sp³-hybridized carbons (Fsp3) is 0. The molecule has 1 aliphatic rings. The number of ketones is 2. The highest BCUT2D eigenvalue weighted by atomic mass is 32.2. The molecule has 186 valence electrons. The number of nitrogens with two attached hydrogens (primary N) is 2. The van der Waals surface area contributed by atoms with E-state index in [0.717, 1.165) is 30.3 Å². The standard InChI is InChI=1S/C21H15N3O10S2/c22-8-1-4-13(12(5-8)21(27)28)24-14-7-15(36(32,33)34)18(23)17-16(14)20(26)11-6-9(35(29,30)31)2-3-10(11)19(17)25/h1-7,24H,22-23H2,(H,27,28)(H,29,30,31)(H,32,33,34). The van der Waals surface area contributed by atoms with Gasteiger partial charge < -0.3 is 21.9 Å². The third kappa shape index (κ3) is 4.05. The van der Waals surface area contributed by atoms with Gasteiger partial charge in [-0.05, 0) is 42.5 Å². The van der Waals surface area contributed by atoms with Crippen molar-refractivity contribution < 1.29 is 45.4 Å². The number of fused-ring (bicyclic) bond motifs is 2. The number of nitrogen functional groups attached to an aromatic ring is 2. The van der Waals surface area contributed by atoms with E-state index in [0.29, 0.717) is 0 Å². The number of carbonyl (C=O) groups is 3. The molecule has 0 fully saturated rings. The Hall–Kier alpha value is -4.31. The number of aromatic carboxylic acids is 1. The Morgan fingerprint density at radius 1 is 0.778 bits per heavy atom. The molecule has 0 unspecified atom stereocenters. The van der Waals surface area contributed by atoms with E-state index in [2.05, 4.69) is 5.32 Å². The van der Waals surface area contributed by atoms with Crippen LogP contribution in [0.3, 0.4) is 0 Å². The van der Waals surface area contributed by atoms with Gasteiger partial charge in [0, 0.05) is 16.8 Å². The van der Waals surface area contributed by atoms with Crippen molar-refractivity contribution in [1.82, 2.24) is 0 Å². The second-order valence-corrected chi connectivity index (χ2v) is 10.4. The summed E-state index contributed by atoms with van der Waals surface area (Å²) in [4.78, 5) is 36.8. The molecule has 1 aliphatic carbocycles. The molecule has 3 aromatic rings. The van der Waals surface area contributed by atoms with Crippen molar-refractivity contribution in [2.24, 2.45) is 0 Å². The topological polar surface area (TPSA) is 244 Å². The smallest absolute Gasteiger partial charge is 0.337 e. The molecule has 0 radical (unpaired) electrons. The van der Waals surface area contributed by atoms with Crippen molar-refractivity contribution in [1.29, 1.82) is 0 Å². The molecular weight excluding hydrogens is 518 g/mol. The summed E-state index contributed by atoms with van der Waals surface area (Å²) in [5, 5.41) is 12.1. The van der Waals surface area contributed by atoms with Gasteiger partial charge in [-0.2, -0.15) is 16.8 Å². The first-order chi connectivity index (χ1) is 16.6. The number of carboxylic acids is 1. The molecule has 36 heavy (non-hydrogen) atoms. The van der Waals surface area contributed by atoms with E-state index in [4.69, 9.17) is 11.5 Å². The SMILES string of the molecule is Nc1ccc(Nc2cc(S(=O)(=O)O)c(N)c3c2C(=O)c2cc(S(=O)(=O)O)ccc2C3=O)c(C(=O)O)c1. The maximum absolute atomic E-state index is 13.5. The summed E-state index contributed by atoms with van der Waals surface area (Å²) in [6.07, 6.45) is 0. The molecule has 0 spiro atoms. The maximum Gasteiger partial charge on any atom is 0.337 e. The Balaban J connectivity index is 2.05. The molecule has 0 saturated carbocycles. The summed E-state index contributed by atoms with van der Waals surface area (Å²) in [7, 11) is -9.80. The van der Waals surface area contributed by atoms with Crippen LogP contribution in [0.2, 0.25) is 0 Å². The molecule has 0 heterocycles. The summed E-state index contributed by atoms with van der Waals surface area (Å²) in [6, 6.07) is 6.90. The van der Waals surface area contributed by atoms with Crippen LogP contribution in [0, 0.1) is 0 Å². The maximum atomic E-state index is 13.5. The molecule has 13 nitrogen and oxygen atoms in total. The minimum atomic E-state index is -5.04. The summed E-state index contributed by atoms with van der Waals surface area (Å²) in [5.41, 5.74) is 7.93. The quantitative estimate of drug-likeness (QED) is 0.158. The molecule has 0 bridgehead atoms. The van der Waals surface area contributed by atoms with Crippen molar-refractivity contribution in [3.63, 3.8) is 0 Å². The van der Waals surface area contributed by atoms with Gasteiger partial charge in [0.15, 0.2) is 11.6 Å².